The molecule has 5 heteroatoms. The van der Waals surface area contributed by atoms with Gasteiger partial charge in [0.25, 0.3) is 0 Å². The summed E-state index contributed by atoms with van der Waals surface area (Å²) in [6.45, 7) is 3.09. The normalized spacial score (nSPS) is 13.6. The van der Waals surface area contributed by atoms with E-state index < -0.39 is 0 Å². The Morgan fingerprint density at radius 2 is 2.05 bits per heavy atom. The van der Waals surface area contributed by atoms with E-state index in [9.17, 15) is 4.79 Å². The lowest BCUT2D eigenvalue weighted by atomic mass is 10.1. The van der Waals surface area contributed by atoms with Crippen molar-refractivity contribution in [2.24, 2.45) is 5.92 Å². The molecule has 20 heavy (non-hydrogen) atoms. The summed E-state index contributed by atoms with van der Waals surface area (Å²) in [7, 11) is 1.61. The summed E-state index contributed by atoms with van der Waals surface area (Å²) in [5.74, 6) is 0.253. The Bertz CT molecular complexity index is 384. The quantitative estimate of drug-likeness (QED) is 0.678. The number of aliphatic hydroxyl groups is 1. The molecule has 1 aromatic rings. The van der Waals surface area contributed by atoms with E-state index in [1.54, 1.807) is 7.11 Å². The summed E-state index contributed by atoms with van der Waals surface area (Å²) in [5, 5.41) is 14.5. The topological polar surface area (TPSA) is 70.6 Å². The fourth-order valence-electron chi connectivity index (χ4n) is 1.87. The average molecular weight is 280 g/mol. The van der Waals surface area contributed by atoms with Gasteiger partial charge >= 0.3 is 6.03 Å². The van der Waals surface area contributed by atoms with E-state index in [0.717, 1.165) is 5.56 Å². The van der Waals surface area contributed by atoms with Gasteiger partial charge in [-0.05, 0) is 17.9 Å². The number of hydrogen-bond acceptors (Lipinski definition) is 3. The Balaban J connectivity index is 2.47. The third kappa shape index (κ3) is 6.04. The van der Waals surface area contributed by atoms with Gasteiger partial charge in [0.1, 0.15) is 0 Å². The number of ether oxygens (including phenoxy) is 1. The van der Waals surface area contributed by atoms with Crippen molar-refractivity contribution < 1.29 is 14.6 Å². The lowest BCUT2D eigenvalue weighted by Crippen LogP contribution is -2.41. The molecule has 3 N–H and O–H groups in total. The zero-order chi connectivity index (χ0) is 14.8. The van der Waals surface area contributed by atoms with Gasteiger partial charge in [-0.3, -0.25) is 0 Å². The molecular formula is C15H24N2O3. The molecule has 1 aromatic carbocycles. The summed E-state index contributed by atoms with van der Waals surface area (Å²) in [6, 6.07) is 9.32. The van der Waals surface area contributed by atoms with Gasteiger partial charge in [0.15, 0.2) is 0 Å². The summed E-state index contributed by atoms with van der Waals surface area (Å²) < 4.78 is 5.15. The van der Waals surface area contributed by atoms with Crippen LogP contribution < -0.4 is 10.6 Å². The number of nitrogens with one attached hydrogen (secondary N) is 2. The van der Waals surface area contributed by atoms with Crippen LogP contribution in [-0.4, -0.2) is 38.0 Å². The van der Waals surface area contributed by atoms with E-state index >= 15 is 0 Å². The van der Waals surface area contributed by atoms with Gasteiger partial charge in [0.05, 0.1) is 12.6 Å². The van der Waals surface area contributed by atoms with Crippen LogP contribution in [0.15, 0.2) is 30.3 Å². The van der Waals surface area contributed by atoms with Crippen LogP contribution in [0.3, 0.4) is 0 Å². The second-order valence-electron chi connectivity index (χ2n) is 4.89. The third-order valence-corrected chi connectivity index (χ3v) is 3.07. The van der Waals surface area contributed by atoms with E-state index in [1.807, 2.05) is 37.3 Å². The van der Waals surface area contributed by atoms with Crippen LogP contribution in [0.25, 0.3) is 0 Å². The van der Waals surface area contributed by atoms with Crippen molar-refractivity contribution in [3.05, 3.63) is 35.9 Å². The second kappa shape index (κ2) is 9.34. The van der Waals surface area contributed by atoms with Crippen LogP contribution in [0.5, 0.6) is 0 Å². The first kappa shape index (κ1) is 16.5. The minimum Gasteiger partial charge on any atom is -0.396 e. The number of amides is 2. The van der Waals surface area contributed by atoms with E-state index in [4.69, 9.17) is 9.84 Å². The molecule has 1 rings (SSSR count). The van der Waals surface area contributed by atoms with Crippen molar-refractivity contribution in [2.45, 2.75) is 19.4 Å². The molecule has 2 unspecified atom stereocenters. The number of carbonyl (C=O) groups is 1. The molecule has 0 heterocycles. The highest BCUT2D eigenvalue weighted by Crippen LogP contribution is 2.12. The highest BCUT2D eigenvalue weighted by Gasteiger charge is 2.14. The van der Waals surface area contributed by atoms with Crippen LogP contribution in [-0.2, 0) is 4.74 Å². The molecular weight excluding hydrogens is 256 g/mol. The zero-order valence-electron chi connectivity index (χ0n) is 12.1. The average Bonchev–Trinajstić information content (AvgIpc) is 2.46. The minimum absolute atomic E-state index is 0.140. The number of urea groups is 1. The summed E-state index contributed by atoms with van der Waals surface area (Å²) >= 11 is 0. The zero-order valence-corrected chi connectivity index (χ0v) is 12.1. The number of carbonyl (C=O) groups excluding carboxylic acids is 1. The maximum absolute atomic E-state index is 11.9. The molecule has 0 spiro atoms. The maximum Gasteiger partial charge on any atom is 0.315 e. The molecule has 0 bridgehead atoms. The van der Waals surface area contributed by atoms with Crippen LogP contribution in [0, 0.1) is 5.92 Å². The van der Waals surface area contributed by atoms with Crippen molar-refractivity contribution in [1.82, 2.24) is 10.6 Å². The molecule has 0 radical (unpaired) electrons. The Labute approximate surface area is 120 Å². The molecule has 0 aromatic heterocycles. The first-order valence-electron chi connectivity index (χ1n) is 6.86. The van der Waals surface area contributed by atoms with Crippen LogP contribution >= 0.6 is 0 Å². The Morgan fingerprint density at radius 1 is 1.35 bits per heavy atom. The minimum atomic E-state index is -0.222. The molecule has 0 aliphatic heterocycles. The fraction of sp³-hybridized carbons (Fsp3) is 0.533. The molecule has 2 amide bonds. The number of benzene rings is 1. The number of aliphatic hydroxyl groups excluding tert-OH is 1. The van der Waals surface area contributed by atoms with Crippen LogP contribution in [0.1, 0.15) is 24.9 Å². The molecule has 0 saturated heterocycles. The largest absolute Gasteiger partial charge is 0.396 e. The summed E-state index contributed by atoms with van der Waals surface area (Å²) in [5.41, 5.74) is 1.01. The van der Waals surface area contributed by atoms with Crippen molar-refractivity contribution >= 4 is 6.03 Å². The molecule has 0 aliphatic carbocycles. The lowest BCUT2D eigenvalue weighted by Gasteiger charge is -2.19. The number of hydrogen-bond donors (Lipinski definition) is 3. The number of rotatable bonds is 8. The van der Waals surface area contributed by atoms with Crippen molar-refractivity contribution in [3.8, 4) is 0 Å². The van der Waals surface area contributed by atoms with E-state index in [1.165, 1.54) is 0 Å². The second-order valence-corrected chi connectivity index (χ2v) is 4.89. The highest BCUT2D eigenvalue weighted by atomic mass is 16.5. The fourth-order valence-corrected chi connectivity index (χ4v) is 1.87. The van der Waals surface area contributed by atoms with Gasteiger partial charge in [0.2, 0.25) is 0 Å². The first-order chi connectivity index (χ1) is 9.67. The summed E-state index contributed by atoms with van der Waals surface area (Å²) in [4.78, 5) is 11.9. The standard InChI is InChI=1S/C15H24N2O3/c1-12(8-9-18)10-16-15(19)17-14(11-20-2)13-6-4-3-5-7-13/h3-7,12,14,18H,8-11H2,1-2H3,(H2,16,17,19). The monoisotopic (exact) mass is 280 g/mol. The molecule has 112 valence electrons. The van der Waals surface area contributed by atoms with Crippen LogP contribution in [0.2, 0.25) is 0 Å². The van der Waals surface area contributed by atoms with Gasteiger partial charge in [-0.25, -0.2) is 4.79 Å². The third-order valence-electron chi connectivity index (χ3n) is 3.07. The molecule has 0 fully saturated rings. The predicted molar refractivity (Wildman–Crippen MR) is 78.5 cm³/mol. The van der Waals surface area contributed by atoms with Crippen LogP contribution in [0.4, 0.5) is 4.79 Å². The maximum atomic E-state index is 11.9. The van der Waals surface area contributed by atoms with Gasteiger partial charge in [-0.1, -0.05) is 37.3 Å². The predicted octanol–water partition coefficient (Wildman–Crippen LogP) is 1.69. The van der Waals surface area contributed by atoms with Crippen molar-refractivity contribution in [2.75, 3.05) is 26.9 Å². The van der Waals surface area contributed by atoms with E-state index in [-0.39, 0.29) is 24.6 Å². The van der Waals surface area contributed by atoms with Crippen molar-refractivity contribution in [3.63, 3.8) is 0 Å². The van der Waals surface area contributed by atoms with Crippen molar-refractivity contribution in [1.29, 1.82) is 0 Å². The van der Waals surface area contributed by atoms with E-state index in [2.05, 4.69) is 10.6 Å². The molecule has 0 saturated carbocycles. The molecule has 0 aliphatic rings. The van der Waals surface area contributed by atoms with E-state index in [0.29, 0.717) is 19.6 Å². The van der Waals surface area contributed by atoms with Gasteiger partial charge in [-0.15, -0.1) is 0 Å². The SMILES string of the molecule is COCC(NC(=O)NCC(C)CCO)c1ccccc1. The Morgan fingerprint density at radius 3 is 2.65 bits per heavy atom. The number of methoxy groups -OCH3 is 1. The smallest absolute Gasteiger partial charge is 0.315 e. The highest BCUT2D eigenvalue weighted by molar-refractivity contribution is 5.74. The Hall–Kier alpha value is -1.59. The lowest BCUT2D eigenvalue weighted by molar-refractivity contribution is 0.165. The Kier molecular flexibility index (Phi) is 7.69. The molecule has 2 atom stereocenters. The summed E-state index contributed by atoms with van der Waals surface area (Å²) in [6.07, 6.45) is 0.681. The van der Waals surface area contributed by atoms with Gasteiger partial charge in [0, 0.05) is 20.3 Å². The molecule has 5 nitrogen and oxygen atoms in total. The van der Waals surface area contributed by atoms with Gasteiger partial charge in [-0.2, -0.15) is 0 Å². The first-order valence-corrected chi connectivity index (χ1v) is 6.86. The van der Waals surface area contributed by atoms with Gasteiger partial charge < -0.3 is 20.5 Å².